The van der Waals surface area contributed by atoms with Gasteiger partial charge in [-0.05, 0) is 31.7 Å². The Balaban J connectivity index is 1.78. The topological polar surface area (TPSA) is 12.0 Å². The molecule has 2 saturated carbocycles. The fourth-order valence-electron chi connectivity index (χ4n) is 2.65. The van der Waals surface area contributed by atoms with Crippen molar-refractivity contribution in [1.29, 1.82) is 0 Å². The van der Waals surface area contributed by atoms with Crippen molar-refractivity contribution in [2.45, 2.75) is 57.2 Å². The van der Waals surface area contributed by atoms with E-state index >= 15 is 0 Å². The van der Waals surface area contributed by atoms with Crippen molar-refractivity contribution in [2.75, 3.05) is 6.54 Å². The molecule has 16 heavy (non-hydrogen) atoms. The molecule has 0 aliphatic heterocycles. The van der Waals surface area contributed by atoms with E-state index in [0.717, 1.165) is 31.7 Å². The lowest BCUT2D eigenvalue weighted by molar-refractivity contribution is -0.188. The molecule has 0 aromatic carbocycles. The van der Waals surface area contributed by atoms with Gasteiger partial charge in [-0.15, -0.1) is 0 Å². The third-order valence-electron chi connectivity index (χ3n) is 3.84. The van der Waals surface area contributed by atoms with Crippen LogP contribution < -0.4 is 5.32 Å². The summed E-state index contributed by atoms with van der Waals surface area (Å²) in [5, 5.41) is 3.13. The first-order valence-corrected chi connectivity index (χ1v) is 6.37. The van der Waals surface area contributed by atoms with Crippen molar-refractivity contribution >= 4 is 0 Å². The van der Waals surface area contributed by atoms with Crippen LogP contribution in [0, 0.1) is 11.8 Å². The molecule has 0 radical (unpaired) electrons. The highest BCUT2D eigenvalue weighted by Gasteiger charge is 2.45. The Morgan fingerprint density at radius 3 is 2.31 bits per heavy atom. The molecule has 0 amide bonds. The van der Waals surface area contributed by atoms with E-state index in [1.807, 2.05) is 0 Å². The SMILES string of the molecule is FC(F)(F)C1CCCCC1NCCC1CC1. The number of halogens is 3. The second-order valence-corrected chi connectivity index (χ2v) is 5.23. The Hall–Kier alpha value is -0.250. The van der Waals surface area contributed by atoms with E-state index in [2.05, 4.69) is 5.32 Å². The van der Waals surface area contributed by atoms with Crippen molar-refractivity contribution in [2.24, 2.45) is 11.8 Å². The van der Waals surface area contributed by atoms with Crippen molar-refractivity contribution in [3.05, 3.63) is 0 Å². The average molecular weight is 235 g/mol. The molecule has 0 aromatic rings. The highest BCUT2D eigenvalue weighted by Crippen LogP contribution is 2.38. The van der Waals surface area contributed by atoms with Gasteiger partial charge in [0.05, 0.1) is 5.92 Å². The molecule has 2 fully saturated rings. The van der Waals surface area contributed by atoms with Crippen LogP contribution in [0.15, 0.2) is 0 Å². The normalized spacial score (nSPS) is 31.7. The second-order valence-electron chi connectivity index (χ2n) is 5.23. The summed E-state index contributed by atoms with van der Waals surface area (Å²) in [6.45, 7) is 0.766. The molecule has 0 saturated heterocycles. The Bertz CT molecular complexity index is 223. The second kappa shape index (κ2) is 4.94. The first-order valence-electron chi connectivity index (χ1n) is 6.37. The Kier molecular flexibility index (Phi) is 3.77. The molecule has 0 bridgehead atoms. The quantitative estimate of drug-likeness (QED) is 0.786. The molecule has 2 aliphatic carbocycles. The van der Waals surface area contributed by atoms with E-state index in [1.165, 1.54) is 12.8 Å². The molecule has 0 spiro atoms. The molecule has 2 unspecified atom stereocenters. The van der Waals surface area contributed by atoms with E-state index in [4.69, 9.17) is 0 Å². The third kappa shape index (κ3) is 3.37. The summed E-state index contributed by atoms with van der Waals surface area (Å²) in [6.07, 6.45) is 2.25. The largest absolute Gasteiger partial charge is 0.393 e. The molecule has 94 valence electrons. The fourth-order valence-corrected chi connectivity index (χ4v) is 2.65. The van der Waals surface area contributed by atoms with E-state index in [1.54, 1.807) is 0 Å². The lowest BCUT2D eigenvalue weighted by Gasteiger charge is -2.33. The van der Waals surface area contributed by atoms with Gasteiger partial charge in [-0.1, -0.05) is 25.7 Å². The molecular weight excluding hydrogens is 215 g/mol. The maximum absolute atomic E-state index is 12.7. The molecule has 1 nitrogen and oxygen atoms in total. The third-order valence-corrected chi connectivity index (χ3v) is 3.84. The van der Waals surface area contributed by atoms with E-state index in [-0.39, 0.29) is 6.04 Å². The Labute approximate surface area is 94.8 Å². The zero-order valence-electron chi connectivity index (χ0n) is 9.52. The minimum atomic E-state index is -4.02. The van der Waals surface area contributed by atoms with Gasteiger partial charge in [0.2, 0.25) is 0 Å². The van der Waals surface area contributed by atoms with Crippen LogP contribution in [0.2, 0.25) is 0 Å². The standard InChI is InChI=1S/C12H20F3N/c13-12(14,15)10-3-1-2-4-11(10)16-8-7-9-5-6-9/h9-11,16H,1-8H2. The van der Waals surface area contributed by atoms with Crippen molar-refractivity contribution < 1.29 is 13.2 Å². The van der Waals surface area contributed by atoms with Gasteiger partial charge in [0.1, 0.15) is 0 Å². The van der Waals surface area contributed by atoms with Crippen LogP contribution >= 0.6 is 0 Å². The molecule has 4 heteroatoms. The van der Waals surface area contributed by atoms with Crippen LogP contribution in [-0.2, 0) is 0 Å². The minimum Gasteiger partial charge on any atom is -0.313 e. The van der Waals surface area contributed by atoms with Crippen LogP contribution in [0.3, 0.4) is 0 Å². The molecule has 1 N–H and O–H groups in total. The molecule has 2 aliphatic rings. The Morgan fingerprint density at radius 2 is 1.69 bits per heavy atom. The van der Waals surface area contributed by atoms with Gasteiger partial charge < -0.3 is 5.32 Å². The van der Waals surface area contributed by atoms with E-state index in [0.29, 0.717) is 12.8 Å². The zero-order valence-corrected chi connectivity index (χ0v) is 9.52. The molecule has 2 atom stereocenters. The van der Waals surface area contributed by atoms with E-state index < -0.39 is 12.1 Å². The van der Waals surface area contributed by atoms with Crippen molar-refractivity contribution in [3.63, 3.8) is 0 Å². The maximum Gasteiger partial charge on any atom is 0.393 e. The highest BCUT2D eigenvalue weighted by molar-refractivity contribution is 4.86. The summed E-state index contributed by atoms with van der Waals surface area (Å²) in [7, 11) is 0. The van der Waals surface area contributed by atoms with Gasteiger partial charge >= 0.3 is 6.18 Å². The summed E-state index contributed by atoms with van der Waals surface area (Å²) in [6, 6.07) is -0.326. The first-order chi connectivity index (χ1) is 7.57. The van der Waals surface area contributed by atoms with Gasteiger partial charge in [0, 0.05) is 6.04 Å². The maximum atomic E-state index is 12.7. The summed E-state index contributed by atoms with van der Waals surface area (Å²) >= 11 is 0. The van der Waals surface area contributed by atoms with Crippen LogP contribution in [0.1, 0.15) is 44.9 Å². The van der Waals surface area contributed by atoms with E-state index in [9.17, 15) is 13.2 Å². The monoisotopic (exact) mass is 235 g/mol. The molecular formula is C12H20F3N. The van der Waals surface area contributed by atoms with Crippen LogP contribution in [0.25, 0.3) is 0 Å². The summed E-state index contributed by atoms with van der Waals surface area (Å²) in [5.74, 6) is -0.319. The Morgan fingerprint density at radius 1 is 1.00 bits per heavy atom. The predicted octanol–water partition coefficient (Wildman–Crippen LogP) is 3.50. The van der Waals surface area contributed by atoms with Gasteiger partial charge in [-0.2, -0.15) is 13.2 Å². The first kappa shape index (κ1) is 12.2. The number of rotatable bonds is 4. The minimum absolute atomic E-state index is 0.310. The summed E-state index contributed by atoms with van der Waals surface area (Å²) in [5.41, 5.74) is 0. The van der Waals surface area contributed by atoms with Crippen LogP contribution in [-0.4, -0.2) is 18.8 Å². The number of hydrogen-bond acceptors (Lipinski definition) is 1. The van der Waals surface area contributed by atoms with Crippen LogP contribution in [0.5, 0.6) is 0 Å². The number of hydrogen-bond donors (Lipinski definition) is 1. The smallest absolute Gasteiger partial charge is 0.313 e. The highest BCUT2D eigenvalue weighted by atomic mass is 19.4. The van der Waals surface area contributed by atoms with Crippen molar-refractivity contribution in [3.8, 4) is 0 Å². The lowest BCUT2D eigenvalue weighted by Crippen LogP contribution is -2.45. The van der Waals surface area contributed by atoms with Crippen LogP contribution in [0.4, 0.5) is 13.2 Å². The lowest BCUT2D eigenvalue weighted by atomic mass is 9.84. The number of alkyl halides is 3. The fraction of sp³-hybridized carbons (Fsp3) is 1.00. The number of nitrogens with one attached hydrogen (secondary N) is 1. The van der Waals surface area contributed by atoms with Gasteiger partial charge in [-0.3, -0.25) is 0 Å². The molecule has 2 rings (SSSR count). The summed E-state index contributed by atoms with van der Waals surface area (Å²) in [4.78, 5) is 0. The van der Waals surface area contributed by atoms with Gasteiger partial charge in [-0.25, -0.2) is 0 Å². The summed E-state index contributed by atoms with van der Waals surface area (Å²) < 4.78 is 38.2. The molecule has 0 heterocycles. The average Bonchev–Trinajstić information content (AvgIpc) is 3.01. The predicted molar refractivity (Wildman–Crippen MR) is 57.1 cm³/mol. The zero-order chi connectivity index (χ0) is 11.6. The van der Waals surface area contributed by atoms with Crippen molar-refractivity contribution in [1.82, 2.24) is 5.32 Å². The molecule has 0 aromatic heterocycles. The van der Waals surface area contributed by atoms with Gasteiger partial charge in [0.15, 0.2) is 0 Å². The van der Waals surface area contributed by atoms with Gasteiger partial charge in [0.25, 0.3) is 0 Å².